The maximum Gasteiger partial charge on any atom is 0.277 e. The van der Waals surface area contributed by atoms with E-state index in [0.717, 1.165) is 32.5 Å². The number of likely N-dealkylation sites (tertiary alicyclic amines) is 1. The number of unbranched alkanes of at least 4 members (excludes halogenated alkanes) is 1. The summed E-state index contributed by atoms with van der Waals surface area (Å²) in [5.74, 6) is -1.10. The first-order valence-corrected chi connectivity index (χ1v) is 6.83. The zero-order chi connectivity index (χ0) is 13.5. The van der Waals surface area contributed by atoms with Gasteiger partial charge in [-0.3, -0.25) is 4.79 Å². The lowest BCUT2D eigenvalue weighted by molar-refractivity contribution is -0.898. The van der Waals surface area contributed by atoms with E-state index in [9.17, 15) is 14.7 Å². The highest BCUT2D eigenvalue weighted by Crippen LogP contribution is 2.07. The van der Waals surface area contributed by atoms with Crippen molar-refractivity contribution in [3.8, 4) is 0 Å². The number of rotatable bonds is 6. The third-order valence-electron chi connectivity index (χ3n) is 3.70. The van der Waals surface area contributed by atoms with E-state index in [1.54, 1.807) is 4.90 Å². The molecule has 0 aromatic carbocycles. The molecule has 0 unspecified atom stereocenters. The lowest BCUT2D eigenvalue weighted by atomic mass is 9.97. The Morgan fingerprint density at radius 3 is 2.44 bits per heavy atom. The summed E-state index contributed by atoms with van der Waals surface area (Å²) in [7, 11) is 1.84. The summed E-state index contributed by atoms with van der Waals surface area (Å²) in [5, 5.41) is 10.7. The lowest BCUT2D eigenvalue weighted by Crippen LogP contribution is -3.14. The van der Waals surface area contributed by atoms with Crippen LogP contribution in [0, 0.1) is 5.92 Å². The van der Waals surface area contributed by atoms with Crippen LogP contribution in [0.3, 0.4) is 0 Å². The number of carbonyl (C=O) groups is 2. The third-order valence-corrected chi connectivity index (χ3v) is 3.70. The molecule has 0 radical (unpaired) electrons. The highest BCUT2D eigenvalue weighted by Gasteiger charge is 2.25. The van der Waals surface area contributed by atoms with E-state index in [-0.39, 0.29) is 11.8 Å². The molecule has 1 N–H and O–H groups in total. The number of quaternary nitrogens is 1. The first-order valence-electron chi connectivity index (χ1n) is 6.83. The standard InChI is InChI=1S/C13H24N2O3/c1-3-4-7-14(2)12(16)10-15-8-5-11(6-9-15)13(17)18/h11H,3-10H2,1-2H3,(H,17,18). The molecular weight excluding hydrogens is 232 g/mol. The normalized spacial score (nSPS) is 23.7. The second-order valence-corrected chi connectivity index (χ2v) is 5.19. The summed E-state index contributed by atoms with van der Waals surface area (Å²) >= 11 is 0. The molecule has 1 amide bonds. The summed E-state index contributed by atoms with van der Waals surface area (Å²) in [4.78, 5) is 25.6. The number of nitrogens with zero attached hydrogens (tertiary/aromatic N) is 1. The molecule has 0 spiro atoms. The Kier molecular flexibility index (Phi) is 6.12. The van der Waals surface area contributed by atoms with Crippen molar-refractivity contribution in [2.45, 2.75) is 32.6 Å². The number of aliphatic carboxylic acids is 1. The number of amides is 1. The van der Waals surface area contributed by atoms with Gasteiger partial charge in [0.15, 0.2) is 6.54 Å². The highest BCUT2D eigenvalue weighted by molar-refractivity contribution is 5.76. The largest absolute Gasteiger partial charge is 0.550 e. The van der Waals surface area contributed by atoms with Gasteiger partial charge in [-0.05, 0) is 6.42 Å². The van der Waals surface area contributed by atoms with E-state index in [2.05, 4.69) is 6.92 Å². The molecule has 0 aromatic heterocycles. The van der Waals surface area contributed by atoms with Crippen molar-refractivity contribution in [1.82, 2.24) is 4.90 Å². The Bertz CT molecular complexity index is 286. The minimum absolute atomic E-state index is 0.158. The van der Waals surface area contributed by atoms with Gasteiger partial charge >= 0.3 is 0 Å². The van der Waals surface area contributed by atoms with Gasteiger partial charge in [-0.1, -0.05) is 13.3 Å². The Morgan fingerprint density at radius 1 is 1.33 bits per heavy atom. The quantitative estimate of drug-likeness (QED) is 0.615. The molecule has 0 aromatic rings. The molecule has 104 valence electrons. The number of nitrogens with one attached hydrogen (secondary N) is 1. The van der Waals surface area contributed by atoms with E-state index in [4.69, 9.17) is 0 Å². The summed E-state index contributed by atoms with van der Waals surface area (Å²) in [6.45, 7) is 4.91. The molecule has 0 bridgehead atoms. The van der Waals surface area contributed by atoms with Crippen molar-refractivity contribution >= 4 is 11.9 Å². The SMILES string of the molecule is CCCCN(C)C(=O)C[NH+]1CCC(C(=O)[O-])CC1. The molecule has 0 aliphatic carbocycles. The predicted molar refractivity (Wildman–Crippen MR) is 65.8 cm³/mol. The Hall–Kier alpha value is -1.10. The second kappa shape index (κ2) is 7.36. The molecule has 18 heavy (non-hydrogen) atoms. The zero-order valence-electron chi connectivity index (χ0n) is 11.4. The molecule has 5 nitrogen and oxygen atoms in total. The molecule has 1 heterocycles. The van der Waals surface area contributed by atoms with Gasteiger partial charge in [0.2, 0.25) is 0 Å². The smallest absolute Gasteiger partial charge is 0.277 e. The first kappa shape index (κ1) is 15.0. The minimum Gasteiger partial charge on any atom is -0.550 e. The number of hydrogen-bond acceptors (Lipinski definition) is 3. The number of hydrogen-bond donors (Lipinski definition) is 1. The molecule has 5 heteroatoms. The van der Waals surface area contributed by atoms with Gasteiger partial charge in [-0.15, -0.1) is 0 Å². The van der Waals surface area contributed by atoms with Crippen molar-refractivity contribution < 1.29 is 19.6 Å². The molecule has 1 rings (SSSR count). The number of piperidine rings is 1. The van der Waals surface area contributed by atoms with Crippen LogP contribution in [0.4, 0.5) is 0 Å². The van der Waals surface area contributed by atoms with Crippen LogP contribution in [0.25, 0.3) is 0 Å². The molecule has 1 aliphatic rings. The van der Waals surface area contributed by atoms with Crippen molar-refractivity contribution in [1.29, 1.82) is 0 Å². The van der Waals surface area contributed by atoms with Crippen LogP contribution >= 0.6 is 0 Å². The van der Waals surface area contributed by atoms with Crippen LogP contribution in [0.1, 0.15) is 32.6 Å². The van der Waals surface area contributed by atoms with E-state index in [0.29, 0.717) is 19.4 Å². The van der Waals surface area contributed by atoms with Crippen LogP contribution in [0.15, 0.2) is 0 Å². The van der Waals surface area contributed by atoms with Crippen LogP contribution in [0.5, 0.6) is 0 Å². The van der Waals surface area contributed by atoms with Crippen molar-refractivity contribution in [2.75, 3.05) is 33.2 Å². The molecule has 0 saturated carbocycles. The summed E-state index contributed by atoms with van der Waals surface area (Å²) in [5.41, 5.74) is 0. The fourth-order valence-electron chi connectivity index (χ4n) is 2.31. The van der Waals surface area contributed by atoms with Crippen LogP contribution < -0.4 is 10.0 Å². The Labute approximate surface area is 109 Å². The summed E-state index contributed by atoms with van der Waals surface area (Å²) in [6, 6.07) is 0. The van der Waals surface area contributed by atoms with Gasteiger partial charge in [0.25, 0.3) is 5.91 Å². The van der Waals surface area contributed by atoms with E-state index in [1.807, 2.05) is 7.05 Å². The van der Waals surface area contributed by atoms with Crippen molar-refractivity contribution in [3.05, 3.63) is 0 Å². The van der Waals surface area contributed by atoms with Gasteiger partial charge < -0.3 is 19.7 Å². The fourth-order valence-corrected chi connectivity index (χ4v) is 2.31. The van der Waals surface area contributed by atoms with Gasteiger partial charge in [-0.2, -0.15) is 0 Å². The number of carboxylic acid groups (broad SMARTS) is 1. The predicted octanol–water partition coefficient (Wildman–Crippen LogP) is -1.71. The fraction of sp³-hybridized carbons (Fsp3) is 0.846. The van der Waals surface area contributed by atoms with E-state index >= 15 is 0 Å². The van der Waals surface area contributed by atoms with Crippen LogP contribution in [0.2, 0.25) is 0 Å². The number of carbonyl (C=O) groups excluding carboxylic acids is 2. The average molecular weight is 256 g/mol. The van der Waals surface area contributed by atoms with Gasteiger partial charge in [0.05, 0.1) is 13.1 Å². The highest BCUT2D eigenvalue weighted by atomic mass is 16.4. The molecular formula is C13H24N2O3. The van der Waals surface area contributed by atoms with Crippen molar-refractivity contribution in [3.63, 3.8) is 0 Å². The first-order chi connectivity index (χ1) is 8.54. The number of carboxylic acids is 1. The maximum atomic E-state index is 11.9. The van der Waals surface area contributed by atoms with Gasteiger partial charge in [0, 0.05) is 38.3 Å². The van der Waals surface area contributed by atoms with E-state index < -0.39 is 5.97 Å². The molecule has 1 aliphatic heterocycles. The monoisotopic (exact) mass is 256 g/mol. The van der Waals surface area contributed by atoms with Crippen molar-refractivity contribution in [2.24, 2.45) is 5.92 Å². The lowest BCUT2D eigenvalue weighted by Gasteiger charge is -2.30. The second-order valence-electron chi connectivity index (χ2n) is 5.19. The minimum atomic E-state index is -0.944. The van der Waals surface area contributed by atoms with Crippen LogP contribution in [-0.2, 0) is 9.59 Å². The average Bonchev–Trinajstić information content (AvgIpc) is 2.36. The Morgan fingerprint density at radius 2 is 1.94 bits per heavy atom. The maximum absolute atomic E-state index is 11.9. The summed E-state index contributed by atoms with van der Waals surface area (Å²) < 4.78 is 0. The van der Waals surface area contributed by atoms with E-state index in [1.165, 1.54) is 4.90 Å². The van der Waals surface area contributed by atoms with Crippen LogP contribution in [-0.4, -0.2) is 50.0 Å². The summed E-state index contributed by atoms with van der Waals surface area (Å²) in [6.07, 6.45) is 3.37. The number of likely N-dealkylation sites (N-methyl/N-ethyl adjacent to an activating group) is 1. The zero-order valence-corrected chi connectivity index (χ0v) is 11.4. The van der Waals surface area contributed by atoms with Gasteiger partial charge in [-0.25, -0.2) is 0 Å². The topological polar surface area (TPSA) is 64.9 Å². The molecule has 1 saturated heterocycles. The molecule has 1 fully saturated rings. The third kappa shape index (κ3) is 4.64. The van der Waals surface area contributed by atoms with Gasteiger partial charge in [0.1, 0.15) is 0 Å². The molecule has 0 atom stereocenters. The Balaban J connectivity index is 2.27.